The van der Waals surface area contributed by atoms with Gasteiger partial charge in [-0.25, -0.2) is 4.79 Å². The molecule has 10 heteroatoms. The number of carbonyl (C=O) groups is 1. The number of carbonyl (C=O) groups excluding carboxylic acids is 1. The minimum atomic E-state index is -0.496. The largest absolute Gasteiger partial charge is 0.416 e. The van der Waals surface area contributed by atoms with E-state index >= 15 is 0 Å². The van der Waals surface area contributed by atoms with E-state index in [9.17, 15) is 14.4 Å². The normalized spacial score (nSPS) is 10.6. The average molecular weight is 373 g/mol. The summed E-state index contributed by atoms with van der Waals surface area (Å²) in [6.45, 7) is 0.288. The van der Waals surface area contributed by atoms with Crippen LogP contribution in [-0.2, 0) is 17.8 Å². The van der Waals surface area contributed by atoms with Crippen LogP contribution < -0.4 is 16.6 Å². The molecule has 134 valence electrons. The lowest BCUT2D eigenvalue weighted by Crippen LogP contribution is -2.29. The van der Waals surface area contributed by atoms with Crippen LogP contribution >= 0.6 is 11.8 Å². The second-order valence-corrected chi connectivity index (χ2v) is 6.14. The molecule has 0 radical (unpaired) electrons. The number of aromatic amines is 1. The SMILES string of the molecule is O=C(CSc1nnc(CCn2ccc(=O)[nH]c2=O)o1)Nc1ccccc1. The van der Waals surface area contributed by atoms with Gasteiger partial charge < -0.3 is 14.3 Å². The second kappa shape index (κ2) is 8.30. The van der Waals surface area contributed by atoms with Gasteiger partial charge in [-0.05, 0) is 12.1 Å². The van der Waals surface area contributed by atoms with Crippen molar-refractivity contribution >= 4 is 23.4 Å². The van der Waals surface area contributed by atoms with Crippen LogP contribution in [-0.4, -0.2) is 31.4 Å². The molecule has 0 fully saturated rings. The second-order valence-electron chi connectivity index (χ2n) is 5.22. The predicted molar refractivity (Wildman–Crippen MR) is 95.1 cm³/mol. The first-order valence-corrected chi connectivity index (χ1v) is 8.68. The topological polar surface area (TPSA) is 123 Å². The van der Waals surface area contributed by atoms with E-state index in [1.54, 1.807) is 12.1 Å². The number of amides is 1. The fourth-order valence-electron chi connectivity index (χ4n) is 2.08. The van der Waals surface area contributed by atoms with E-state index in [4.69, 9.17) is 4.42 Å². The Balaban J connectivity index is 1.49. The number of H-pyrrole nitrogens is 1. The number of aromatic nitrogens is 4. The van der Waals surface area contributed by atoms with E-state index in [2.05, 4.69) is 20.5 Å². The molecule has 0 aliphatic carbocycles. The number of nitrogens with zero attached hydrogens (tertiary/aromatic N) is 3. The number of rotatable bonds is 7. The van der Waals surface area contributed by atoms with E-state index in [1.165, 1.54) is 16.8 Å². The molecule has 0 saturated heterocycles. The summed E-state index contributed by atoms with van der Waals surface area (Å²) in [6, 6.07) is 10.4. The number of hydrogen-bond donors (Lipinski definition) is 2. The quantitative estimate of drug-likeness (QED) is 0.590. The maximum absolute atomic E-state index is 11.9. The van der Waals surface area contributed by atoms with Crippen molar-refractivity contribution in [3.63, 3.8) is 0 Å². The highest BCUT2D eigenvalue weighted by molar-refractivity contribution is 7.99. The van der Waals surface area contributed by atoms with Gasteiger partial charge in [0.2, 0.25) is 11.8 Å². The van der Waals surface area contributed by atoms with Crippen LogP contribution in [0.2, 0.25) is 0 Å². The first kappa shape index (κ1) is 17.7. The molecule has 26 heavy (non-hydrogen) atoms. The molecule has 1 aromatic carbocycles. The number of aryl methyl sites for hydroxylation is 2. The number of thioether (sulfide) groups is 1. The van der Waals surface area contributed by atoms with E-state index in [-0.39, 0.29) is 23.4 Å². The molecule has 0 bridgehead atoms. The Kier molecular flexibility index (Phi) is 5.64. The third-order valence-electron chi connectivity index (χ3n) is 3.30. The molecule has 2 N–H and O–H groups in total. The van der Waals surface area contributed by atoms with Crippen molar-refractivity contribution in [1.29, 1.82) is 0 Å². The fraction of sp³-hybridized carbons (Fsp3) is 0.188. The molecule has 9 nitrogen and oxygen atoms in total. The molecule has 3 rings (SSSR count). The summed E-state index contributed by atoms with van der Waals surface area (Å²) in [5.41, 5.74) is -0.226. The highest BCUT2D eigenvalue weighted by Gasteiger charge is 2.10. The van der Waals surface area contributed by atoms with Gasteiger partial charge in [-0.1, -0.05) is 30.0 Å². The van der Waals surface area contributed by atoms with E-state index in [0.29, 0.717) is 12.3 Å². The van der Waals surface area contributed by atoms with E-state index in [1.807, 2.05) is 18.2 Å². The van der Waals surface area contributed by atoms with Crippen molar-refractivity contribution in [3.8, 4) is 0 Å². The zero-order valence-electron chi connectivity index (χ0n) is 13.5. The Labute approximate surface area is 151 Å². The van der Waals surface area contributed by atoms with Crippen molar-refractivity contribution in [1.82, 2.24) is 19.7 Å². The Morgan fingerprint density at radius 2 is 2.00 bits per heavy atom. The Bertz CT molecular complexity index is 995. The van der Waals surface area contributed by atoms with Gasteiger partial charge in [0.1, 0.15) is 0 Å². The fourth-order valence-corrected chi connectivity index (χ4v) is 2.66. The number of hydrogen-bond acceptors (Lipinski definition) is 7. The van der Waals surface area contributed by atoms with Crippen LogP contribution in [0.1, 0.15) is 5.89 Å². The summed E-state index contributed by atoms with van der Waals surface area (Å²) < 4.78 is 6.78. The number of benzene rings is 1. The van der Waals surface area contributed by atoms with Gasteiger partial charge in [0.15, 0.2) is 0 Å². The van der Waals surface area contributed by atoms with Crippen LogP contribution in [0.25, 0.3) is 0 Å². The summed E-state index contributed by atoms with van der Waals surface area (Å²) in [4.78, 5) is 36.7. The van der Waals surface area contributed by atoms with Gasteiger partial charge in [-0.15, -0.1) is 10.2 Å². The predicted octanol–water partition coefficient (Wildman–Crippen LogP) is 0.893. The van der Waals surface area contributed by atoms with Gasteiger partial charge in [-0.3, -0.25) is 14.6 Å². The van der Waals surface area contributed by atoms with Gasteiger partial charge in [0.05, 0.1) is 5.75 Å². The Morgan fingerprint density at radius 1 is 1.19 bits per heavy atom. The maximum atomic E-state index is 11.9. The summed E-state index contributed by atoms with van der Waals surface area (Å²) in [7, 11) is 0. The summed E-state index contributed by atoms with van der Waals surface area (Å²) in [6.07, 6.45) is 1.73. The first-order valence-electron chi connectivity index (χ1n) is 7.70. The lowest BCUT2D eigenvalue weighted by Gasteiger charge is -2.03. The van der Waals surface area contributed by atoms with E-state index in [0.717, 1.165) is 17.4 Å². The summed E-state index contributed by atoms with van der Waals surface area (Å²) >= 11 is 1.13. The van der Waals surface area contributed by atoms with Gasteiger partial charge in [0.25, 0.3) is 10.8 Å². The molecule has 0 unspecified atom stereocenters. The molecule has 0 saturated carbocycles. The molecular weight excluding hydrogens is 358 g/mol. The van der Waals surface area contributed by atoms with Gasteiger partial charge in [-0.2, -0.15) is 0 Å². The number of nitrogens with one attached hydrogen (secondary N) is 2. The zero-order chi connectivity index (χ0) is 18.4. The maximum Gasteiger partial charge on any atom is 0.328 e. The smallest absolute Gasteiger partial charge is 0.328 e. The molecule has 2 heterocycles. The number of para-hydroxylation sites is 1. The third kappa shape index (κ3) is 4.93. The minimum Gasteiger partial charge on any atom is -0.416 e. The van der Waals surface area contributed by atoms with Crippen molar-refractivity contribution in [2.24, 2.45) is 0 Å². The molecule has 0 aliphatic heterocycles. The van der Waals surface area contributed by atoms with Crippen molar-refractivity contribution in [2.75, 3.05) is 11.1 Å². The van der Waals surface area contributed by atoms with Crippen LogP contribution in [0.3, 0.4) is 0 Å². The molecule has 0 aliphatic rings. The van der Waals surface area contributed by atoms with Gasteiger partial charge in [0, 0.05) is 30.9 Å². The molecule has 3 aromatic rings. The van der Waals surface area contributed by atoms with Crippen LogP contribution in [0, 0.1) is 0 Å². The molecule has 0 spiro atoms. The zero-order valence-corrected chi connectivity index (χ0v) is 14.4. The lowest BCUT2D eigenvalue weighted by atomic mass is 10.3. The van der Waals surface area contributed by atoms with Crippen LogP contribution in [0.15, 0.2) is 61.8 Å². The standard InChI is InChI=1S/C16H15N5O4S/c22-12-6-8-21(15(24)18-12)9-7-14-19-20-16(25-14)26-10-13(23)17-11-4-2-1-3-5-11/h1-6,8H,7,9-10H2,(H,17,23)(H,18,22,24). The monoisotopic (exact) mass is 373 g/mol. The highest BCUT2D eigenvalue weighted by atomic mass is 32.2. The Morgan fingerprint density at radius 3 is 2.77 bits per heavy atom. The van der Waals surface area contributed by atoms with Crippen molar-refractivity contribution in [3.05, 3.63) is 69.3 Å². The minimum absolute atomic E-state index is 0.135. The van der Waals surface area contributed by atoms with Gasteiger partial charge >= 0.3 is 5.69 Å². The summed E-state index contributed by atoms with van der Waals surface area (Å²) in [5.74, 6) is 0.297. The molecule has 2 aromatic heterocycles. The van der Waals surface area contributed by atoms with Crippen molar-refractivity contribution in [2.45, 2.75) is 18.2 Å². The third-order valence-corrected chi connectivity index (χ3v) is 4.11. The first-order chi connectivity index (χ1) is 12.6. The molecular formula is C16H15N5O4S. The lowest BCUT2D eigenvalue weighted by molar-refractivity contribution is -0.113. The van der Waals surface area contributed by atoms with Crippen LogP contribution in [0.5, 0.6) is 0 Å². The average Bonchev–Trinajstić information content (AvgIpc) is 3.08. The highest BCUT2D eigenvalue weighted by Crippen LogP contribution is 2.17. The van der Waals surface area contributed by atoms with Crippen molar-refractivity contribution < 1.29 is 9.21 Å². The number of anilines is 1. The van der Waals surface area contributed by atoms with Crippen LogP contribution in [0.4, 0.5) is 5.69 Å². The molecule has 1 amide bonds. The Hall–Kier alpha value is -3.14. The molecule has 0 atom stereocenters. The summed E-state index contributed by atoms with van der Waals surface area (Å²) in [5, 5.41) is 10.8. The van der Waals surface area contributed by atoms with E-state index < -0.39 is 11.2 Å².